The number of nitrogens with zero attached hydrogens (tertiary/aromatic N) is 2. The van der Waals surface area contributed by atoms with Gasteiger partial charge in [0.2, 0.25) is 0 Å². The van der Waals surface area contributed by atoms with Gasteiger partial charge in [-0.25, -0.2) is 5.84 Å². The van der Waals surface area contributed by atoms with E-state index in [0.717, 1.165) is 16.5 Å². The lowest BCUT2D eigenvalue weighted by atomic mass is 10.9. The summed E-state index contributed by atoms with van der Waals surface area (Å²) in [4.78, 5) is 9.43. The van der Waals surface area contributed by atoms with Crippen molar-refractivity contribution in [3.8, 4) is 0 Å². The van der Waals surface area contributed by atoms with E-state index in [1.807, 2.05) is 0 Å². The van der Waals surface area contributed by atoms with E-state index in [9.17, 15) is 10.1 Å². The molecule has 1 aliphatic heterocycles. The highest BCUT2D eigenvalue weighted by Crippen LogP contribution is 2.20. The monoisotopic (exact) mass is 148 g/mol. The highest BCUT2D eigenvalue weighted by molar-refractivity contribution is 8.00. The smallest absolute Gasteiger partial charge is 0.295 e. The molecule has 1 aliphatic rings. The predicted molar refractivity (Wildman–Crippen MR) is 31.8 cm³/mol. The zero-order valence-electron chi connectivity index (χ0n) is 4.27. The van der Waals surface area contributed by atoms with Crippen LogP contribution in [0.25, 0.3) is 0 Å². The van der Waals surface area contributed by atoms with Gasteiger partial charge < -0.3 is 0 Å². The van der Waals surface area contributed by atoms with Gasteiger partial charge in [0.25, 0.3) is 0 Å². The molecule has 1 heterocycles. The fourth-order valence-corrected chi connectivity index (χ4v) is 0.837. The Kier molecular flexibility index (Phi) is 1.56. The first kappa shape index (κ1) is 6.33. The summed E-state index contributed by atoms with van der Waals surface area (Å²) in [5.74, 6) is 5.09. The lowest BCUT2D eigenvalue weighted by Crippen LogP contribution is -2.30. The van der Waals surface area contributed by atoms with Gasteiger partial charge in [0.15, 0.2) is 0 Å². The fraction of sp³-hybridized carbons (Fsp3) is 0. The van der Waals surface area contributed by atoms with E-state index in [2.05, 4.69) is 5.43 Å². The van der Waals surface area contributed by atoms with Crippen molar-refractivity contribution < 1.29 is 4.92 Å². The van der Waals surface area contributed by atoms with Crippen LogP contribution in [0, 0.1) is 10.1 Å². The van der Waals surface area contributed by atoms with Gasteiger partial charge in [0, 0.05) is 0 Å². The Morgan fingerprint density at radius 3 is 2.89 bits per heavy atom. The van der Waals surface area contributed by atoms with E-state index < -0.39 is 4.92 Å². The number of nitrogens with one attached hydrogen (secondary N) is 1. The van der Waals surface area contributed by atoms with Gasteiger partial charge in [-0.2, -0.15) is 0 Å². The zero-order valence-corrected chi connectivity index (χ0v) is 5.09. The molecule has 9 heavy (non-hydrogen) atoms. The second-order valence-corrected chi connectivity index (χ2v) is 2.28. The molecular formula is C2H4N4O2S. The molecule has 3 N–H and O–H groups in total. The molecule has 7 heteroatoms. The molecule has 0 spiro atoms. The number of hydrogen-bond donors (Lipinski definition) is 2. The van der Waals surface area contributed by atoms with Crippen molar-refractivity contribution in [2.24, 2.45) is 5.84 Å². The summed E-state index contributed by atoms with van der Waals surface area (Å²) in [6, 6.07) is 0. The van der Waals surface area contributed by atoms with E-state index >= 15 is 0 Å². The van der Waals surface area contributed by atoms with Crippen LogP contribution in [0.4, 0.5) is 0 Å². The van der Waals surface area contributed by atoms with Gasteiger partial charge in [-0.05, 0) is 0 Å². The van der Waals surface area contributed by atoms with Crippen LogP contribution in [0.3, 0.4) is 0 Å². The van der Waals surface area contributed by atoms with E-state index in [0.29, 0.717) is 0 Å². The normalized spacial score (nSPS) is 19.0. The van der Waals surface area contributed by atoms with Crippen LogP contribution in [0.15, 0.2) is 11.2 Å². The minimum absolute atomic E-state index is 0.00231. The first-order chi connectivity index (χ1) is 4.20. The van der Waals surface area contributed by atoms with Crippen LogP contribution >= 0.6 is 11.9 Å². The summed E-state index contributed by atoms with van der Waals surface area (Å²) in [6.45, 7) is 0. The lowest BCUT2D eigenvalue weighted by molar-refractivity contribution is -0.410. The van der Waals surface area contributed by atoms with E-state index in [1.54, 1.807) is 0 Å². The van der Waals surface area contributed by atoms with Gasteiger partial charge in [-0.3, -0.25) is 15.5 Å². The Morgan fingerprint density at radius 1 is 2.00 bits per heavy atom. The number of hydrazine groups is 2. The maximum atomic E-state index is 9.94. The number of rotatable bonds is 1. The zero-order chi connectivity index (χ0) is 6.85. The average molecular weight is 148 g/mol. The van der Waals surface area contributed by atoms with Gasteiger partial charge in [-0.1, -0.05) is 4.52 Å². The molecule has 0 atom stereocenters. The third kappa shape index (κ3) is 1.31. The summed E-state index contributed by atoms with van der Waals surface area (Å²) in [5.41, 5.74) is 2.42. The minimum Gasteiger partial charge on any atom is -0.295 e. The topological polar surface area (TPSA) is 84.4 Å². The molecule has 0 bridgehead atoms. The molecule has 0 saturated heterocycles. The van der Waals surface area contributed by atoms with Crippen molar-refractivity contribution >= 4 is 11.9 Å². The molecule has 0 radical (unpaired) electrons. The largest absolute Gasteiger partial charge is 0.338 e. The molecule has 0 aromatic rings. The Balaban J connectivity index is 2.55. The Morgan fingerprint density at radius 2 is 2.67 bits per heavy atom. The van der Waals surface area contributed by atoms with Gasteiger partial charge in [-0.15, -0.1) is 0 Å². The molecule has 0 fully saturated rings. The Labute approximate surface area is 54.9 Å². The summed E-state index contributed by atoms with van der Waals surface area (Å²) in [5, 5.41) is 9.94. The van der Waals surface area contributed by atoms with Crippen LogP contribution in [0.5, 0.6) is 0 Å². The van der Waals surface area contributed by atoms with Crippen molar-refractivity contribution in [1.82, 2.24) is 9.95 Å². The van der Waals surface area contributed by atoms with E-state index in [4.69, 9.17) is 5.84 Å². The van der Waals surface area contributed by atoms with Crippen molar-refractivity contribution in [2.45, 2.75) is 0 Å². The molecule has 0 amide bonds. The summed E-state index contributed by atoms with van der Waals surface area (Å²) >= 11 is 0.836. The molecule has 0 aliphatic carbocycles. The van der Waals surface area contributed by atoms with Gasteiger partial charge in [0.05, 0.1) is 16.9 Å². The minimum atomic E-state index is -0.509. The third-order valence-electron chi connectivity index (χ3n) is 0.687. The van der Waals surface area contributed by atoms with E-state index in [1.165, 1.54) is 6.20 Å². The first-order valence-electron chi connectivity index (χ1n) is 2.03. The number of hydrogen-bond acceptors (Lipinski definition) is 6. The van der Waals surface area contributed by atoms with Crippen LogP contribution < -0.4 is 11.3 Å². The number of nitro groups is 1. The highest BCUT2D eigenvalue weighted by Gasteiger charge is 2.21. The van der Waals surface area contributed by atoms with Crippen LogP contribution in [0.2, 0.25) is 0 Å². The van der Waals surface area contributed by atoms with Gasteiger partial charge in [0.1, 0.15) is 6.20 Å². The second-order valence-electron chi connectivity index (χ2n) is 1.29. The predicted octanol–water partition coefficient (Wildman–Crippen LogP) is -0.596. The molecule has 0 aromatic carbocycles. The third-order valence-corrected chi connectivity index (χ3v) is 1.44. The summed E-state index contributed by atoms with van der Waals surface area (Å²) in [7, 11) is 0. The molecule has 0 aromatic heterocycles. The second kappa shape index (κ2) is 2.21. The number of nitrogens with two attached hydrogens (primary N) is 1. The van der Waals surface area contributed by atoms with Crippen molar-refractivity contribution in [2.75, 3.05) is 0 Å². The van der Waals surface area contributed by atoms with E-state index in [-0.39, 0.29) is 5.03 Å². The Bertz CT molecular complexity index is 168. The quantitative estimate of drug-likeness (QED) is 0.223. The average Bonchev–Trinajstić information content (AvgIpc) is 2.14. The van der Waals surface area contributed by atoms with Gasteiger partial charge >= 0.3 is 5.03 Å². The maximum absolute atomic E-state index is 9.94. The molecule has 6 nitrogen and oxygen atoms in total. The van der Waals surface area contributed by atoms with Crippen molar-refractivity contribution in [1.29, 1.82) is 0 Å². The Hall–Kier alpha value is -0.790. The molecule has 0 unspecified atom stereocenters. The lowest BCUT2D eigenvalue weighted by Gasteiger charge is -2.01. The summed E-state index contributed by atoms with van der Waals surface area (Å²) < 4.78 is 1.05. The molecule has 50 valence electrons. The van der Waals surface area contributed by atoms with Crippen LogP contribution in [-0.2, 0) is 0 Å². The molecule has 1 rings (SSSR count). The molecular weight excluding hydrogens is 144 g/mol. The van der Waals surface area contributed by atoms with Crippen LogP contribution in [0.1, 0.15) is 0 Å². The fourth-order valence-electron chi connectivity index (χ4n) is 0.358. The maximum Gasteiger partial charge on any atom is 0.338 e. The van der Waals surface area contributed by atoms with Crippen LogP contribution in [-0.4, -0.2) is 9.45 Å². The first-order valence-corrected chi connectivity index (χ1v) is 2.81. The highest BCUT2D eigenvalue weighted by atomic mass is 32.2. The van der Waals surface area contributed by atoms with Crippen molar-refractivity contribution in [3.05, 3.63) is 21.3 Å². The van der Waals surface area contributed by atoms with Crippen molar-refractivity contribution in [3.63, 3.8) is 0 Å². The summed E-state index contributed by atoms with van der Waals surface area (Å²) in [6.07, 6.45) is 1.23. The standard InChI is InChI=1S/C2H4N4O2S/c3-6-4-1-2(9-6)5(7)8/h1,4H,3H2. The molecule has 0 saturated carbocycles. The SMILES string of the molecule is NN1NC=C([N+](=O)[O-])S1.